The Bertz CT molecular complexity index is 1200. The number of rotatable bonds is 4. The average Bonchev–Trinajstić information content (AvgIpc) is 2.84. The summed E-state index contributed by atoms with van der Waals surface area (Å²) < 4.78 is 7.86. The molecule has 3 aromatic rings. The van der Waals surface area contributed by atoms with Crippen LogP contribution in [0, 0.1) is 5.92 Å². The number of fused-ring (bicyclic) bond motifs is 3. The van der Waals surface area contributed by atoms with Crippen molar-refractivity contribution in [2.45, 2.75) is 43.9 Å². The number of amides is 1. The highest BCUT2D eigenvalue weighted by Gasteiger charge is 2.58. The third-order valence-electron chi connectivity index (χ3n) is 7.73. The van der Waals surface area contributed by atoms with Gasteiger partial charge in [0.1, 0.15) is 0 Å². The van der Waals surface area contributed by atoms with Gasteiger partial charge in [-0.3, -0.25) is 14.7 Å². The van der Waals surface area contributed by atoms with E-state index in [-0.39, 0.29) is 17.6 Å². The maximum atomic E-state index is 13.0. The zero-order valence-electron chi connectivity index (χ0n) is 18.1. The average molecular weight is 492 g/mol. The Labute approximate surface area is 196 Å². The number of anilines is 1. The van der Waals surface area contributed by atoms with Crippen molar-refractivity contribution in [3.8, 4) is 0 Å². The molecular weight excluding hydrogens is 466 g/mol. The Balaban J connectivity index is 1.36. The number of pyridine rings is 1. The fourth-order valence-corrected chi connectivity index (χ4v) is 6.29. The second kappa shape index (κ2) is 7.65. The van der Waals surface area contributed by atoms with Crippen molar-refractivity contribution in [2.24, 2.45) is 5.92 Å². The number of carbonyl (C=O) groups excluding carboxylic acids is 1. The summed E-state index contributed by atoms with van der Waals surface area (Å²) in [7, 11) is 0. The van der Waals surface area contributed by atoms with Crippen molar-refractivity contribution in [1.29, 1.82) is 0 Å². The Hall–Kier alpha value is -2.28. The molecule has 32 heavy (non-hydrogen) atoms. The number of piperidine rings is 3. The summed E-state index contributed by atoms with van der Waals surface area (Å²) in [6.07, 6.45) is 5.38. The zero-order chi connectivity index (χ0) is 21.9. The summed E-state index contributed by atoms with van der Waals surface area (Å²) >= 11 is 3.43. The number of ether oxygens (including phenoxy) is 1. The second-order valence-corrected chi connectivity index (χ2v) is 10.2. The van der Waals surface area contributed by atoms with E-state index in [4.69, 9.17) is 4.74 Å². The Morgan fingerprint density at radius 2 is 2.09 bits per heavy atom. The van der Waals surface area contributed by atoms with Gasteiger partial charge in [-0.2, -0.15) is 0 Å². The summed E-state index contributed by atoms with van der Waals surface area (Å²) in [6, 6.07) is 15.9. The van der Waals surface area contributed by atoms with Gasteiger partial charge in [0.25, 0.3) is 5.91 Å². The quantitative estimate of drug-likeness (QED) is 0.518. The van der Waals surface area contributed by atoms with Crippen molar-refractivity contribution >= 4 is 38.4 Å². The fourth-order valence-electron chi connectivity index (χ4n) is 6.02. The molecule has 4 bridgehead atoms. The van der Waals surface area contributed by atoms with Gasteiger partial charge in [-0.1, -0.05) is 22.9 Å². The Kier molecular flexibility index (Phi) is 4.86. The first kappa shape index (κ1) is 20.3. The van der Waals surface area contributed by atoms with Gasteiger partial charge < -0.3 is 10.1 Å². The van der Waals surface area contributed by atoms with Gasteiger partial charge in [0.05, 0.1) is 17.2 Å². The lowest BCUT2D eigenvalue weighted by Gasteiger charge is -2.64. The van der Waals surface area contributed by atoms with Gasteiger partial charge in [-0.25, -0.2) is 0 Å². The third-order valence-corrected chi connectivity index (χ3v) is 8.26. The molecule has 0 spiro atoms. The molecule has 164 valence electrons. The number of morpholine rings is 1. The van der Waals surface area contributed by atoms with Gasteiger partial charge in [0.15, 0.2) is 0 Å². The number of carbonyl (C=O) groups is 1. The lowest BCUT2D eigenvalue weighted by molar-refractivity contribution is -0.274. The second-order valence-electron chi connectivity index (χ2n) is 9.31. The summed E-state index contributed by atoms with van der Waals surface area (Å²) in [4.78, 5) is 20.2. The number of benzene rings is 2. The molecule has 5 saturated heterocycles. The predicted octanol–water partition coefficient (Wildman–Crippen LogP) is 5.56. The molecule has 8 rings (SSSR count). The number of nitrogens with zero attached hydrogens (tertiary/aromatic N) is 2. The standard InChI is InChI=1S/C26H26BrN3O2/c1-2-26-15-30-12-10-17(26)14-23(30)24(32-26)20-9-11-28-22-8-3-16(13-21(20)22)25(31)29-19-6-4-18(27)5-7-19/h3-9,11,13,17,23-24H,2,10,12,14-15H2,1H3,(H,29,31)/t17-,23+,24-,26-/m0/s1. The molecule has 5 fully saturated rings. The van der Waals surface area contributed by atoms with Crippen LogP contribution in [0.25, 0.3) is 10.9 Å². The van der Waals surface area contributed by atoms with Crippen LogP contribution in [0.1, 0.15) is 48.2 Å². The van der Waals surface area contributed by atoms with Gasteiger partial charge >= 0.3 is 0 Å². The minimum Gasteiger partial charge on any atom is -0.364 e. The molecule has 0 aliphatic carbocycles. The van der Waals surface area contributed by atoms with Crippen LogP contribution in [0.2, 0.25) is 0 Å². The lowest BCUT2D eigenvalue weighted by Crippen LogP contribution is -2.70. The number of halogens is 1. The molecule has 2 aromatic carbocycles. The highest BCUT2D eigenvalue weighted by molar-refractivity contribution is 9.10. The van der Waals surface area contributed by atoms with Crippen molar-refractivity contribution in [1.82, 2.24) is 9.88 Å². The largest absolute Gasteiger partial charge is 0.364 e. The van der Waals surface area contributed by atoms with E-state index in [2.05, 4.69) is 44.1 Å². The van der Waals surface area contributed by atoms with Crippen LogP contribution in [0.3, 0.4) is 0 Å². The molecule has 0 radical (unpaired) electrons. The zero-order valence-corrected chi connectivity index (χ0v) is 19.6. The molecule has 5 aliphatic heterocycles. The van der Waals surface area contributed by atoms with Crippen molar-refractivity contribution in [3.63, 3.8) is 0 Å². The van der Waals surface area contributed by atoms with E-state index in [1.165, 1.54) is 19.4 Å². The van der Waals surface area contributed by atoms with Crippen molar-refractivity contribution in [2.75, 3.05) is 18.4 Å². The van der Waals surface area contributed by atoms with Crippen LogP contribution >= 0.6 is 15.9 Å². The summed E-state index contributed by atoms with van der Waals surface area (Å²) in [5.41, 5.74) is 3.41. The Morgan fingerprint density at radius 3 is 2.84 bits per heavy atom. The molecule has 1 aromatic heterocycles. The van der Waals surface area contributed by atoms with Crippen LogP contribution in [0.5, 0.6) is 0 Å². The molecular formula is C26H26BrN3O2. The number of hydrogen-bond acceptors (Lipinski definition) is 4. The maximum Gasteiger partial charge on any atom is 0.255 e. The molecule has 6 heteroatoms. The van der Waals surface area contributed by atoms with Crippen LogP contribution in [-0.4, -0.2) is 40.5 Å². The van der Waals surface area contributed by atoms with Crippen LogP contribution < -0.4 is 5.32 Å². The van der Waals surface area contributed by atoms with E-state index >= 15 is 0 Å². The molecule has 6 heterocycles. The normalized spacial score (nSPS) is 30.6. The highest BCUT2D eigenvalue weighted by Crippen LogP contribution is 2.54. The first-order chi connectivity index (χ1) is 15.6. The fraction of sp³-hybridized carbons (Fsp3) is 0.385. The molecule has 1 amide bonds. The van der Waals surface area contributed by atoms with E-state index in [9.17, 15) is 4.79 Å². The van der Waals surface area contributed by atoms with Crippen LogP contribution in [0.15, 0.2) is 59.2 Å². The highest BCUT2D eigenvalue weighted by atomic mass is 79.9. The molecule has 0 saturated carbocycles. The molecule has 5 aliphatic rings. The minimum atomic E-state index is -0.122. The smallest absolute Gasteiger partial charge is 0.255 e. The minimum absolute atomic E-state index is 0.0236. The molecule has 5 nitrogen and oxygen atoms in total. The number of aromatic nitrogens is 1. The summed E-state index contributed by atoms with van der Waals surface area (Å²) in [5.74, 6) is 0.544. The number of nitrogens with one attached hydrogen (secondary N) is 1. The molecule has 1 N–H and O–H groups in total. The van der Waals surface area contributed by atoms with E-state index in [0.717, 1.165) is 39.6 Å². The van der Waals surface area contributed by atoms with E-state index < -0.39 is 0 Å². The first-order valence-electron chi connectivity index (χ1n) is 11.4. The lowest BCUT2D eigenvalue weighted by atomic mass is 9.66. The maximum absolute atomic E-state index is 13.0. The van der Waals surface area contributed by atoms with Gasteiger partial charge in [-0.15, -0.1) is 0 Å². The summed E-state index contributed by atoms with van der Waals surface area (Å²) in [5, 5.41) is 4.00. The van der Waals surface area contributed by atoms with Crippen molar-refractivity contribution in [3.05, 3.63) is 70.3 Å². The molecule has 1 unspecified atom stereocenters. The first-order valence-corrected chi connectivity index (χ1v) is 12.2. The van der Waals surface area contributed by atoms with E-state index in [1.54, 1.807) is 0 Å². The number of hydrogen-bond donors (Lipinski definition) is 1. The Morgan fingerprint density at radius 1 is 1.25 bits per heavy atom. The third kappa shape index (κ3) is 3.19. The topological polar surface area (TPSA) is 54.5 Å². The molecule has 5 atom stereocenters. The monoisotopic (exact) mass is 491 g/mol. The van der Waals surface area contributed by atoms with Gasteiger partial charge in [0, 0.05) is 39.9 Å². The van der Waals surface area contributed by atoms with E-state index in [1.807, 2.05) is 48.7 Å². The SMILES string of the molecule is CC[C@]12CN3CC[C@H]1C[C@@H]3[C@H](c1ccnc3ccc(C(=O)Nc4ccc(Br)cc4)cc13)O2. The van der Waals surface area contributed by atoms with Gasteiger partial charge in [-0.05, 0) is 85.8 Å². The summed E-state index contributed by atoms with van der Waals surface area (Å²) in [6.45, 7) is 4.48. The van der Waals surface area contributed by atoms with Crippen LogP contribution in [0.4, 0.5) is 5.69 Å². The predicted molar refractivity (Wildman–Crippen MR) is 129 cm³/mol. The van der Waals surface area contributed by atoms with E-state index in [0.29, 0.717) is 17.5 Å². The van der Waals surface area contributed by atoms with Gasteiger partial charge in [0.2, 0.25) is 0 Å². The van der Waals surface area contributed by atoms with Crippen molar-refractivity contribution < 1.29 is 9.53 Å². The van der Waals surface area contributed by atoms with Crippen LogP contribution in [-0.2, 0) is 4.74 Å².